The third kappa shape index (κ3) is 1.56. The zero-order valence-electron chi connectivity index (χ0n) is 7.11. The van der Waals surface area contributed by atoms with Crippen molar-refractivity contribution in [1.82, 2.24) is 4.98 Å². The van der Waals surface area contributed by atoms with Crippen LogP contribution < -0.4 is 0 Å². The number of hydrogen-bond donors (Lipinski definition) is 0. The molecule has 0 saturated heterocycles. The van der Waals surface area contributed by atoms with Gasteiger partial charge in [-0.1, -0.05) is 6.92 Å². The maximum atomic E-state index is 13.0. The smallest absolute Gasteiger partial charge is 0.129 e. The van der Waals surface area contributed by atoms with Crippen LogP contribution in [0.2, 0.25) is 0 Å². The highest BCUT2D eigenvalue weighted by atomic mass is 19.1. The molecule has 0 spiro atoms. The molecule has 0 saturated carbocycles. The number of aromatic nitrogens is 1. The molecule has 1 nitrogen and oxygen atoms in total. The van der Waals surface area contributed by atoms with Gasteiger partial charge >= 0.3 is 0 Å². The van der Waals surface area contributed by atoms with Crippen LogP contribution in [-0.4, -0.2) is 4.98 Å². The van der Waals surface area contributed by atoms with Gasteiger partial charge in [-0.2, -0.15) is 0 Å². The molecule has 0 atom stereocenters. The van der Waals surface area contributed by atoms with E-state index in [0.717, 1.165) is 17.8 Å². The van der Waals surface area contributed by atoms with Crippen LogP contribution in [0.25, 0.3) is 0 Å². The molecule has 0 aliphatic heterocycles. The molecule has 0 aromatic carbocycles. The maximum Gasteiger partial charge on any atom is 0.129 e. The Balaban J connectivity index is 3.24. The van der Waals surface area contributed by atoms with Crippen LogP contribution >= 0.6 is 0 Å². The van der Waals surface area contributed by atoms with Crippen molar-refractivity contribution in [3.05, 3.63) is 28.8 Å². The largest absolute Gasteiger partial charge is 0.258 e. The Morgan fingerprint density at radius 3 is 2.64 bits per heavy atom. The SMILES string of the molecule is CCc1nc(C)cc(F)c1C. The minimum Gasteiger partial charge on any atom is -0.258 e. The quantitative estimate of drug-likeness (QED) is 0.603. The van der Waals surface area contributed by atoms with Crippen molar-refractivity contribution in [1.29, 1.82) is 0 Å². The number of nitrogens with zero attached hydrogens (tertiary/aromatic N) is 1. The highest BCUT2D eigenvalue weighted by molar-refractivity contribution is 5.22. The second-order valence-corrected chi connectivity index (χ2v) is 2.67. The highest BCUT2D eigenvalue weighted by Gasteiger charge is 2.03. The average Bonchev–Trinajstić information content (AvgIpc) is 1.96. The zero-order valence-corrected chi connectivity index (χ0v) is 7.11. The Bertz CT molecular complexity index is 269. The van der Waals surface area contributed by atoms with E-state index < -0.39 is 0 Å². The lowest BCUT2D eigenvalue weighted by molar-refractivity contribution is 0.609. The minimum atomic E-state index is -0.144. The molecule has 60 valence electrons. The molecule has 1 aromatic heterocycles. The highest BCUT2D eigenvalue weighted by Crippen LogP contribution is 2.11. The maximum absolute atomic E-state index is 13.0. The first-order valence-corrected chi connectivity index (χ1v) is 3.77. The van der Waals surface area contributed by atoms with E-state index in [1.54, 1.807) is 6.92 Å². The number of hydrogen-bond acceptors (Lipinski definition) is 1. The minimum absolute atomic E-state index is 0.144. The van der Waals surface area contributed by atoms with Crippen molar-refractivity contribution >= 4 is 0 Å². The van der Waals surface area contributed by atoms with Crippen LogP contribution in [0.4, 0.5) is 4.39 Å². The fraction of sp³-hybridized carbons (Fsp3) is 0.444. The van der Waals surface area contributed by atoms with Crippen LogP contribution in [-0.2, 0) is 6.42 Å². The van der Waals surface area contributed by atoms with Gasteiger partial charge in [-0.3, -0.25) is 4.98 Å². The van der Waals surface area contributed by atoms with Crippen LogP contribution in [0, 0.1) is 19.7 Å². The fourth-order valence-corrected chi connectivity index (χ4v) is 1.10. The Labute approximate surface area is 66.3 Å². The van der Waals surface area contributed by atoms with Gasteiger partial charge in [0.1, 0.15) is 5.82 Å². The van der Waals surface area contributed by atoms with Crippen LogP contribution in [0.5, 0.6) is 0 Å². The Morgan fingerprint density at radius 1 is 1.45 bits per heavy atom. The zero-order chi connectivity index (χ0) is 8.43. The lowest BCUT2D eigenvalue weighted by Gasteiger charge is -2.03. The van der Waals surface area contributed by atoms with Crippen LogP contribution in [0.15, 0.2) is 6.07 Å². The van der Waals surface area contributed by atoms with Crippen molar-refractivity contribution in [2.24, 2.45) is 0 Å². The summed E-state index contributed by atoms with van der Waals surface area (Å²) in [5.41, 5.74) is 2.30. The van der Waals surface area contributed by atoms with Gasteiger partial charge in [0, 0.05) is 17.0 Å². The molecule has 0 fully saturated rings. The molecule has 0 unspecified atom stereocenters. The predicted molar refractivity (Wildman–Crippen MR) is 43.0 cm³/mol. The third-order valence-corrected chi connectivity index (χ3v) is 1.77. The summed E-state index contributed by atoms with van der Waals surface area (Å²) in [7, 11) is 0. The molecule has 0 amide bonds. The summed E-state index contributed by atoms with van der Waals surface area (Å²) in [5, 5.41) is 0. The summed E-state index contributed by atoms with van der Waals surface area (Å²) < 4.78 is 13.0. The number of pyridine rings is 1. The van der Waals surface area contributed by atoms with Gasteiger partial charge in [0.15, 0.2) is 0 Å². The van der Waals surface area contributed by atoms with Gasteiger partial charge in [-0.15, -0.1) is 0 Å². The van der Waals surface area contributed by atoms with Gasteiger partial charge in [0.2, 0.25) is 0 Å². The van der Waals surface area contributed by atoms with Crippen molar-refractivity contribution in [2.75, 3.05) is 0 Å². The van der Waals surface area contributed by atoms with Gasteiger partial charge in [0.25, 0.3) is 0 Å². The first kappa shape index (κ1) is 8.18. The van der Waals surface area contributed by atoms with Gasteiger partial charge in [-0.05, 0) is 26.3 Å². The normalized spacial score (nSPS) is 10.2. The standard InChI is InChI=1S/C9H12FN/c1-4-9-7(3)8(10)5-6(2)11-9/h5H,4H2,1-3H3. The van der Waals surface area contributed by atoms with E-state index in [9.17, 15) is 4.39 Å². The molecule has 2 heteroatoms. The van der Waals surface area contributed by atoms with Gasteiger partial charge in [0.05, 0.1) is 0 Å². The first-order chi connectivity index (χ1) is 5.15. The van der Waals surface area contributed by atoms with Gasteiger partial charge in [-0.25, -0.2) is 4.39 Å². The van der Waals surface area contributed by atoms with E-state index in [1.165, 1.54) is 6.07 Å². The number of halogens is 1. The van der Waals surface area contributed by atoms with E-state index in [0.29, 0.717) is 5.56 Å². The molecular formula is C9H12FN. The van der Waals surface area contributed by atoms with Crippen LogP contribution in [0.1, 0.15) is 23.9 Å². The molecular weight excluding hydrogens is 141 g/mol. The number of rotatable bonds is 1. The molecule has 1 aromatic rings. The van der Waals surface area contributed by atoms with E-state index in [2.05, 4.69) is 4.98 Å². The topological polar surface area (TPSA) is 12.9 Å². The molecule has 0 N–H and O–H groups in total. The Morgan fingerprint density at radius 2 is 2.09 bits per heavy atom. The molecule has 1 rings (SSSR count). The summed E-state index contributed by atoms with van der Waals surface area (Å²) >= 11 is 0. The van der Waals surface area contributed by atoms with E-state index in [1.807, 2.05) is 13.8 Å². The van der Waals surface area contributed by atoms with Crippen molar-refractivity contribution in [3.63, 3.8) is 0 Å². The summed E-state index contributed by atoms with van der Waals surface area (Å²) in [6.07, 6.45) is 0.796. The van der Waals surface area contributed by atoms with Gasteiger partial charge < -0.3 is 0 Å². The van der Waals surface area contributed by atoms with Crippen molar-refractivity contribution < 1.29 is 4.39 Å². The van der Waals surface area contributed by atoms with Crippen molar-refractivity contribution in [2.45, 2.75) is 27.2 Å². The van der Waals surface area contributed by atoms with E-state index >= 15 is 0 Å². The lowest BCUT2D eigenvalue weighted by Crippen LogP contribution is -1.97. The second kappa shape index (κ2) is 2.99. The summed E-state index contributed by atoms with van der Waals surface area (Å²) in [6.45, 7) is 5.55. The lowest BCUT2D eigenvalue weighted by atomic mass is 10.1. The fourth-order valence-electron chi connectivity index (χ4n) is 1.10. The summed E-state index contributed by atoms with van der Waals surface area (Å²) in [6, 6.07) is 1.47. The predicted octanol–water partition coefficient (Wildman–Crippen LogP) is 2.40. The van der Waals surface area contributed by atoms with E-state index in [-0.39, 0.29) is 5.82 Å². The molecule has 0 radical (unpaired) electrons. The number of aryl methyl sites for hydroxylation is 2. The summed E-state index contributed by atoms with van der Waals surface area (Å²) in [4.78, 5) is 4.21. The Hall–Kier alpha value is -0.920. The summed E-state index contributed by atoms with van der Waals surface area (Å²) in [5.74, 6) is -0.144. The molecule has 1 heterocycles. The molecule has 11 heavy (non-hydrogen) atoms. The Kier molecular flexibility index (Phi) is 2.22. The van der Waals surface area contributed by atoms with E-state index in [4.69, 9.17) is 0 Å². The average molecular weight is 153 g/mol. The second-order valence-electron chi connectivity index (χ2n) is 2.67. The molecule has 0 bridgehead atoms. The van der Waals surface area contributed by atoms with Crippen LogP contribution in [0.3, 0.4) is 0 Å². The molecule has 0 aliphatic carbocycles. The van der Waals surface area contributed by atoms with Crippen molar-refractivity contribution in [3.8, 4) is 0 Å². The first-order valence-electron chi connectivity index (χ1n) is 3.77. The third-order valence-electron chi connectivity index (χ3n) is 1.77. The monoisotopic (exact) mass is 153 g/mol. The molecule has 0 aliphatic rings.